The van der Waals surface area contributed by atoms with Crippen molar-refractivity contribution in [2.45, 2.75) is 0 Å². The molecule has 5 aromatic rings. The molecule has 7 nitrogen and oxygen atoms in total. The fourth-order valence-electron chi connectivity index (χ4n) is 4.58. The number of carboxylic acids is 1. The molecule has 1 aliphatic heterocycles. The van der Waals surface area contributed by atoms with Crippen LogP contribution in [-0.2, 0) is 0 Å². The zero-order chi connectivity index (χ0) is 23.8. The number of fused-ring (bicyclic) bond motifs is 2. The van der Waals surface area contributed by atoms with Crippen molar-refractivity contribution in [2.24, 2.45) is 0 Å². The number of piperazine rings is 1. The Morgan fingerprint density at radius 1 is 0.743 bits per heavy atom. The minimum Gasteiger partial charge on any atom is -0.478 e. The zero-order valence-electron chi connectivity index (χ0n) is 19.0. The van der Waals surface area contributed by atoms with Crippen LogP contribution in [0.4, 0.5) is 11.6 Å². The Morgan fingerprint density at radius 3 is 2.23 bits per heavy atom. The lowest BCUT2D eigenvalue weighted by Gasteiger charge is -2.36. The summed E-state index contributed by atoms with van der Waals surface area (Å²) in [6.45, 7) is 3.11. The summed E-state index contributed by atoms with van der Waals surface area (Å²) in [7, 11) is 0. The summed E-state index contributed by atoms with van der Waals surface area (Å²) in [6.07, 6.45) is 1.93. The van der Waals surface area contributed by atoms with E-state index >= 15 is 0 Å². The fraction of sp³-hybridized carbons (Fsp3) is 0.143. The minimum atomic E-state index is -0.973. The van der Waals surface area contributed by atoms with Gasteiger partial charge < -0.3 is 14.9 Å². The molecule has 2 aromatic heterocycles. The van der Waals surface area contributed by atoms with Crippen LogP contribution in [-0.4, -0.2) is 52.2 Å². The molecule has 0 saturated carbocycles. The maximum atomic E-state index is 11.5. The first-order chi connectivity index (χ1) is 17.2. The van der Waals surface area contributed by atoms with E-state index in [2.05, 4.69) is 33.0 Å². The predicted molar refractivity (Wildman–Crippen MR) is 138 cm³/mol. The summed E-state index contributed by atoms with van der Waals surface area (Å²) in [5.74, 6) is 0.776. The average Bonchev–Trinajstić information content (AvgIpc) is 2.92. The van der Waals surface area contributed by atoms with E-state index in [-0.39, 0.29) is 5.56 Å². The Morgan fingerprint density at radius 2 is 1.46 bits per heavy atom. The van der Waals surface area contributed by atoms with E-state index in [9.17, 15) is 9.90 Å². The summed E-state index contributed by atoms with van der Waals surface area (Å²) in [4.78, 5) is 30.5. The number of carbonyl (C=O) groups is 1. The number of carboxylic acid groups (broad SMARTS) is 1. The Hall–Kier alpha value is -4.52. The van der Waals surface area contributed by atoms with Crippen molar-refractivity contribution in [2.75, 3.05) is 36.0 Å². The van der Waals surface area contributed by atoms with Gasteiger partial charge >= 0.3 is 5.97 Å². The van der Waals surface area contributed by atoms with Crippen LogP contribution in [0, 0.1) is 0 Å². The Bertz CT molecular complexity index is 1550. The molecule has 1 aliphatic rings. The van der Waals surface area contributed by atoms with Crippen LogP contribution in [0.2, 0.25) is 0 Å². The summed E-state index contributed by atoms with van der Waals surface area (Å²) in [5.41, 5.74) is 3.25. The van der Waals surface area contributed by atoms with E-state index in [1.54, 1.807) is 18.2 Å². The molecule has 172 valence electrons. The van der Waals surface area contributed by atoms with Crippen LogP contribution >= 0.6 is 0 Å². The molecule has 3 heterocycles. The van der Waals surface area contributed by atoms with Crippen LogP contribution in [0.5, 0.6) is 0 Å². The van der Waals surface area contributed by atoms with Crippen molar-refractivity contribution in [1.82, 2.24) is 15.0 Å². The molecule has 35 heavy (non-hydrogen) atoms. The van der Waals surface area contributed by atoms with Crippen molar-refractivity contribution in [3.05, 3.63) is 90.6 Å². The second-order valence-corrected chi connectivity index (χ2v) is 8.63. The van der Waals surface area contributed by atoms with Crippen LogP contribution < -0.4 is 9.80 Å². The van der Waals surface area contributed by atoms with Gasteiger partial charge in [-0.3, -0.25) is 0 Å². The van der Waals surface area contributed by atoms with Gasteiger partial charge in [0.1, 0.15) is 11.5 Å². The molecule has 3 aromatic carbocycles. The first-order valence-electron chi connectivity index (χ1n) is 11.6. The molecular weight excluding hydrogens is 438 g/mol. The van der Waals surface area contributed by atoms with Gasteiger partial charge in [-0.2, -0.15) is 0 Å². The molecule has 0 bridgehead atoms. The number of rotatable bonds is 4. The normalized spacial score (nSPS) is 13.9. The number of aromatic carboxylic acids is 1. The highest BCUT2D eigenvalue weighted by Crippen LogP contribution is 2.31. The van der Waals surface area contributed by atoms with Gasteiger partial charge in [-0.1, -0.05) is 54.6 Å². The molecule has 1 fully saturated rings. The predicted octanol–water partition coefficient (Wildman–Crippen LogP) is 4.87. The second kappa shape index (κ2) is 8.68. The van der Waals surface area contributed by atoms with Crippen LogP contribution in [0.1, 0.15) is 10.4 Å². The van der Waals surface area contributed by atoms with E-state index in [1.807, 2.05) is 48.7 Å². The summed E-state index contributed by atoms with van der Waals surface area (Å²) in [5, 5.41) is 11.7. The number of nitrogens with zero attached hydrogens (tertiary/aromatic N) is 5. The third kappa shape index (κ3) is 4.01. The summed E-state index contributed by atoms with van der Waals surface area (Å²) >= 11 is 0. The van der Waals surface area contributed by atoms with Gasteiger partial charge in [0.2, 0.25) is 0 Å². The average molecular weight is 462 g/mol. The highest BCUT2D eigenvalue weighted by atomic mass is 16.4. The quantitative estimate of drug-likeness (QED) is 0.409. The lowest BCUT2D eigenvalue weighted by Crippen LogP contribution is -2.47. The molecule has 0 spiro atoms. The van der Waals surface area contributed by atoms with E-state index in [0.29, 0.717) is 11.0 Å². The number of hydrogen-bond acceptors (Lipinski definition) is 6. The fourth-order valence-corrected chi connectivity index (χ4v) is 4.58. The molecule has 1 N–H and O–H groups in total. The molecule has 0 unspecified atom stereocenters. The third-order valence-corrected chi connectivity index (χ3v) is 6.46. The molecule has 6 rings (SSSR count). The summed E-state index contributed by atoms with van der Waals surface area (Å²) < 4.78 is 0. The zero-order valence-corrected chi connectivity index (χ0v) is 19.0. The smallest absolute Gasteiger partial charge is 0.335 e. The minimum absolute atomic E-state index is 0.206. The number of aromatic nitrogens is 3. The van der Waals surface area contributed by atoms with Crippen LogP contribution in [0.25, 0.3) is 33.1 Å². The molecule has 0 aliphatic carbocycles. The largest absolute Gasteiger partial charge is 0.478 e. The lowest BCUT2D eigenvalue weighted by atomic mass is 10.1. The third-order valence-electron chi connectivity index (χ3n) is 6.46. The van der Waals surface area contributed by atoms with Crippen molar-refractivity contribution >= 4 is 39.4 Å². The van der Waals surface area contributed by atoms with Gasteiger partial charge in [-0.05, 0) is 29.7 Å². The monoisotopic (exact) mass is 461 g/mol. The van der Waals surface area contributed by atoms with Crippen LogP contribution in [0.3, 0.4) is 0 Å². The topological polar surface area (TPSA) is 82.5 Å². The molecule has 0 atom stereocenters. The highest BCUT2D eigenvalue weighted by Gasteiger charge is 2.23. The SMILES string of the molecule is O=C(O)c1ccc2nc(-c3ccccc3)c(N3CCN(c4cc5ccccc5cn4)CC3)nc2c1. The van der Waals surface area contributed by atoms with Gasteiger partial charge in [0.05, 0.1) is 16.6 Å². The highest BCUT2D eigenvalue weighted by molar-refractivity contribution is 5.93. The van der Waals surface area contributed by atoms with Crippen LogP contribution in [0.15, 0.2) is 85.1 Å². The summed E-state index contributed by atoms with van der Waals surface area (Å²) in [6, 6.07) is 25.3. The van der Waals surface area contributed by atoms with Crippen molar-refractivity contribution in [1.29, 1.82) is 0 Å². The van der Waals surface area contributed by atoms with Gasteiger partial charge in [0.15, 0.2) is 5.82 Å². The first-order valence-corrected chi connectivity index (χ1v) is 11.6. The Balaban J connectivity index is 1.34. The van der Waals surface area contributed by atoms with Crippen molar-refractivity contribution < 1.29 is 9.90 Å². The number of anilines is 2. The molecular formula is C28H23N5O2. The van der Waals surface area contributed by atoms with Gasteiger partial charge in [0, 0.05) is 43.3 Å². The lowest BCUT2D eigenvalue weighted by molar-refractivity contribution is 0.0697. The maximum absolute atomic E-state index is 11.5. The van der Waals surface area contributed by atoms with Gasteiger partial charge in [-0.25, -0.2) is 19.7 Å². The van der Waals surface area contributed by atoms with E-state index in [4.69, 9.17) is 9.97 Å². The van der Waals surface area contributed by atoms with Gasteiger partial charge in [-0.15, -0.1) is 0 Å². The number of hydrogen-bond donors (Lipinski definition) is 1. The number of pyridine rings is 1. The van der Waals surface area contributed by atoms with Gasteiger partial charge in [0.25, 0.3) is 0 Å². The molecule has 0 amide bonds. The van der Waals surface area contributed by atoms with E-state index in [0.717, 1.165) is 54.5 Å². The second-order valence-electron chi connectivity index (χ2n) is 8.63. The number of benzene rings is 3. The van der Waals surface area contributed by atoms with E-state index < -0.39 is 5.97 Å². The molecule has 1 saturated heterocycles. The Labute approximate surface area is 202 Å². The van der Waals surface area contributed by atoms with Crippen molar-refractivity contribution in [3.63, 3.8) is 0 Å². The first kappa shape index (κ1) is 21.0. The van der Waals surface area contributed by atoms with E-state index in [1.165, 1.54) is 5.39 Å². The standard InChI is InChI=1S/C28H23N5O2/c34-28(35)21-10-11-23-24(16-21)31-27(26(30-23)19-6-2-1-3-7-19)33-14-12-32(13-15-33)25-17-20-8-4-5-9-22(20)18-29-25/h1-11,16-18H,12-15H2,(H,34,35). The Kier molecular flexibility index (Phi) is 5.22. The maximum Gasteiger partial charge on any atom is 0.335 e. The van der Waals surface area contributed by atoms with Crippen molar-refractivity contribution in [3.8, 4) is 11.3 Å². The molecule has 7 heteroatoms. The molecule has 0 radical (unpaired) electrons.